The second-order valence-corrected chi connectivity index (χ2v) is 16.0. The fraction of sp³-hybridized carbons (Fsp3) is 0.717. The van der Waals surface area contributed by atoms with Crippen molar-refractivity contribution in [3.63, 3.8) is 0 Å². The van der Waals surface area contributed by atoms with Gasteiger partial charge in [0.1, 0.15) is 13.2 Å². The van der Waals surface area contributed by atoms with Crippen molar-refractivity contribution in [3.8, 4) is 0 Å². The summed E-state index contributed by atoms with van der Waals surface area (Å²) in [6, 6.07) is 0. The van der Waals surface area contributed by atoms with Gasteiger partial charge in [-0.05, 0) is 83.5 Å². The van der Waals surface area contributed by atoms with Crippen molar-refractivity contribution in [3.05, 3.63) is 72.9 Å². The highest BCUT2D eigenvalue weighted by atomic mass is 16.6. The van der Waals surface area contributed by atoms with Gasteiger partial charge in [0.15, 0.2) is 6.10 Å². The summed E-state index contributed by atoms with van der Waals surface area (Å²) in [4.78, 5) is 37.8. The number of carbonyl (C=O) groups is 3. The lowest BCUT2D eigenvalue weighted by atomic mass is 10.1. The van der Waals surface area contributed by atoms with Gasteiger partial charge < -0.3 is 14.2 Å². The predicted molar refractivity (Wildman–Crippen MR) is 251 cm³/mol. The molecule has 0 amide bonds. The second kappa shape index (κ2) is 47.5. The zero-order valence-electron chi connectivity index (χ0n) is 38.5. The third kappa shape index (κ3) is 45.8. The van der Waals surface area contributed by atoms with Crippen LogP contribution in [0.15, 0.2) is 72.9 Å². The average molecular weight is 823 g/mol. The Hall–Kier alpha value is -3.15. The van der Waals surface area contributed by atoms with E-state index in [1.54, 1.807) is 0 Å². The first-order valence-electron chi connectivity index (χ1n) is 24.4. The maximum absolute atomic E-state index is 12.7. The van der Waals surface area contributed by atoms with Crippen LogP contribution in [0.4, 0.5) is 0 Å². The molecular formula is C53H90O6. The van der Waals surface area contributed by atoms with E-state index < -0.39 is 6.10 Å². The summed E-state index contributed by atoms with van der Waals surface area (Å²) < 4.78 is 16.7. The molecule has 0 radical (unpaired) electrons. The van der Waals surface area contributed by atoms with Gasteiger partial charge in [-0.25, -0.2) is 0 Å². The first-order valence-corrected chi connectivity index (χ1v) is 24.4. The lowest BCUT2D eigenvalue weighted by molar-refractivity contribution is -0.167. The minimum atomic E-state index is -0.785. The minimum Gasteiger partial charge on any atom is -0.462 e. The number of allylic oxidation sites excluding steroid dienone is 12. The van der Waals surface area contributed by atoms with E-state index in [1.807, 2.05) is 0 Å². The second-order valence-electron chi connectivity index (χ2n) is 16.0. The van der Waals surface area contributed by atoms with E-state index in [0.29, 0.717) is 19.3 Å². The third-order valence-electron chi connectivity index (χ3n) is 10.2. The summed E-state index contributed by atoms with van der Waals surface area (Å²) >= 11 is 0. The van der Waals surface area contributed by atoms with Crippen molar-refractivity contribution in [2.75, 3.05) is 13.2 Å². The van der Waals surface area contributed by atoms with Crippen LogP contribution in [0.1, 0.15) is 226 Å². The molecule has 0 spiro atoms. The van der Waals surface area contributed by atoms with E-state index in [2.05, 4.69) is 93.7 Å². The van der Waals surface area contributed by atoms with E-state index in [-0.39, 0.29) is 31.1 Å². The standard InChI is InChI=1S/C53H90O6/c1-4-7-10-13-16-19-21-23-25-26-28-29-31-34-37-40-43-46-52(55)58-49-50(48-57-51(54)45-42-39-36-33-18-15-12-9-6-3)59-53(56)47-44-41-38-35-32-30-27-24-22-20-17-14-11-8-5-2/h7-8,10-11,16-17,19-20,23-25,27,50H,4-6,9,12-15,18,21-22,26,28-49H2,1-3H3/b10-7-,11-8-,19-16-,20-17-,25-23-,27-24-. The molecule has 1 unspecified atom stereocenters. The number of unbranched alkanes of at least 4 members (excludes halogenated alkanes) is 20. The van der Waals surface area contributed by atoms with Gasteiger partial charge in [0.2, 0.25) is 0 Å². The lowest BCUT2D eigenvalue weighted by Gasteiger charge is -2.18. The topological polar surface area (TPSA) is 78.9 Å². The van der Waals surface area contributed by atoms with Gasteiger partial charge in [-0.1, -0.05) is 196 Å². The van der Waals surface area contributed by atoms with Crippen LogP contribution in [0, 0.1) is 0 Å². The smallest absolute Gasteiger partial charge is 0.306 e. The molecule has 0 heterocycles. The Morgan fingerprint density at radius 3 is 1.03 bits per heavy atom. The Morgan fingerprint density at radius 2 is 0.661 bits per heavy atom. The van der Waals surface area contributed by atoms with Crippen LogP contribution >= 0.6 is 0 Å². The predicted octanol–water partition coefficient (Wildman–Crippen LogP) is 15.9. The number of hydrogen-bond acceptors (Lipinski definition) is 6. The van der Waals surface area contributed by atoms with Crippen LogP contribution in [0.25, 0.3) is 0 Å². The van der Waals surface area contributed by atoms with Gasteiger partial charge in [-0.3, -0.25) is 14.4 Å². The maximum Gasteiger partial charge on any atom is 0.306 e. The van der Waals surface area contributed by atoms with E-state index >= 15 is 0 Å². The normalized spacial score (nSPS) is 12.7. The zero-order chi connectivity index (χ0) is 43.0. The molecule has 0 bridgehead atoms. The quantitative estimate of drug-likeness (QED) is 0.0264. The third-order valence-corrected chi connectivity index (χ3v) is 10.2. The fourth-order valence-corrected chi connectivity index (χ4v) is 6.59. The Bertz CT molecular complexity index is 1130. The summed E-state index contributed by atoms with van der Waals surface area (Å²) in [5.74, 6) is -0.916. The molecule has 338 valence electrons. The molecule has 0 aliphatic rings. The number of hydrogen-bond donors (Lipinski definition) is 0. The molecule has 0 aromatic heterocycles. The summed E-state index contributed by atoms with van der Waals surface area (Å²) in [5, 5.41) is 0. The largest absolute Gasteiger partial charge is 0.462 e. The number of esters is 3. The number of rotatable bonds is 43. The first kappa shape index (κ1) is 55.9. The summed E-state index contributed by atoms with van der Waals surface area (Å²) in [7, 11) is 0. The number of carbonyl (C=O) groups excluding carboxylic acids is 3. The van der Waals surface area contributed by atoms with E-state index in [4.69, 9.17) is 14.2 Å². The van der Waals surface area contributed by atoms with Gasteiger partial charge in [-0.15, -0.1) is 0 Å². The molecular weight excluding hydrogens is 733 g/mol. The lowest BCUT2D eigenvalue weighted by Crippen LogP contribution is -2.30. The Labute approximate surface area is 363 Å². The molecule has 0 aromatic rings. The van der Waals surface area contributed by atoms with Crippen LogP contribution < -0.4 is 0 Å². The molecule has 0 N–H and O–H groups in total. The molecule has 0 aliphatic carbocycles. The Morgan fingerprint density at radius 1 is 0.356 bits per heavy atom. The fourth-order valence-electron chi connectivity index (χ4n) is 6.59. The molecule has 0 rings (SSSR count). The van der Waals surface area contributed by atoms with E-state index in [9.17, 15) is 14.4 Å². The SMILES string of the molecule is CC/C=C\C/C=C\C/C=C\CCCCCCCCCC(=O)OCC(COC(=O)CCCCCCCCCCC)OC(=O)CCCCCCC/C=C\C/C=C\C/C=C\CC. The van der Waals surface area contributed by atoms with E-state index in [1.165, 1.54) is 64.2 Å². The molecule has 0 saturated carbocycles. The molecule has 6 heteroatoms. The Balaban J connectivity index is 4.38. The highest BCUT2D eigenvalue weighted by molar-refractivity contribution is 5.71. The highest BCUT2D eigenvalue weighted by Gasteiger charge is 2.19. The monoisotopic (exact) mass is 823 g/mol. The molecule has 0 aliphatic heterocycles. The van der Waals surface area contributed by atoms with Crippen LogP contribution in [0.3, 0.4) is 0 Å². The molecule has 59 heavy (non-hydrogen) atoms. The van der Waals surface area contributed by atoms with Crippen molar-refractivity contribution < 1.29 is 28.6 Å². The highest BCUT2D eigenvalue weighted by Crippen LogP contribution is 2.14. The van der Waals surface area contributed by atoms with Crippen molar-refractivity contribution in [1.82, 2.24) is 0 Å². The van der Waals surface area contributed by atoms with Crippen LogP contribution in [0.2, 0.25) is 0 Å². The van der Waals surface area contributed by atoms with Crippen molar-refractivity contribution in [2.45, 2.75) is 232 Å². The van der Waals surface area contributed by atoms with Crippen molar-refractivity contribution in [1.29, 1.82) is 0 Å². The maximum atomic E-state index is 12.7. The van der Waals surface area contributed by atoms with Gasteiger partial charge in [-0.2, -0.15) is 0 Å². The Kier molecular flexibility index (Phi) is 45.0. The molecule has 0 aromatic carbocycles. The molecule has 6 nitrogen and oxygen atoms in total. The van der Waals surface area contributed by atoms with Crippen LogP contribution in [-0.4, -0.2) is 37.2 Å². The van der Waals surface area contributed by atoms with Gasteiger partial charge >= 0.3 is 17.9 Å². The van der Waals surface area contributed by atoms with E-state index in [0.717, 1.165) is 122 Å². The molecule has 0 fully saturated rings. The average Bonchev–Trinajstić information content (AvgIpc) is 3.23. The zero-order valence-corrected chi connectivity index (χ0v) is 38.5. The summed E-state index contributed by atoms with van der Waals surface area (Å²) in [5.41, 5.74) is 0. The van der Waals surface area contributed by atoms with Gasteiger partial charge in [0.25, 0.3) is 0 Å². The summed E-state index contributed by atoms with van der Waals surface area (Å²) in [6.45, 7) is 6.37. The van der Waals surface area contributed by atoms with Crippen molar-refractivity contribution >= 4 is 17.9 Å². The van der Waals surface area contributed by atoms with Crippen LogP contribution in [-0.2, 0) is 28.6 Å². The first-order chi connectivity index (χ1) is 29.0. The molecule has 1 atom stereocenters. The molecule has 0 saturated heterocycles. The minimum absolute atomic E-state index is 0.0850. The summed E-state index contributed by atoms with van der Waals surface area (Å²) in [6.07, 6.45) is 58.8. The van der Waals surface area contributed by atoms with Gasteiger partial charge in [0, 0.05) is 19.3 Å². The van der Waals surface area contributed by atoms with Crippen LogP contribution in [0.5, 0.6) is 0 Å². The van der Waals surface area contributed by atoms with Gasteiger partial charge in [0.05, 0.1) is 0 Å². The number of ether oxygens (including phenoxy) is 3. The van der Waals surface area contributed by atoms with Crippen molar-refractivity contribution in [2.24, 2.45) is 0 Å².